The number of nitrogens with one attached hydrogen (secondary N) is 1. The van der Waals surface area contributed by atoms with E-state index in [0.29, 0.717) is 10.7 Å². The number of hydrogen-bond donors (Lipinski definition) is 1. The fourth-order valence-corrected chi connectivity index (χ4v) is 3.83. The summed E-state index contributed by atoms with van der Waals surface area (Å²) in [5.74, 6) is 1.35. The number of hydrogen-bond acceptors (Lipinski definition) is 5. The van der Waals surface area contributed by atoms with Crippen molar-refractivity contribution < 1.29 is 9.53 Å². The van der Waals surface area contributed by atoms with Gasteiger partial charge < -0.3 is 9.64 Å². The number of benzene rings is 3. The maximum atomic E-state index is 12.6. The van der Waals surface area contributed by atoms with Crippen LogP contribution in [-0.2, 0) is 6.54 Å². The van der Waals surface area contributed by atoms with Gasteiger partial charge in [0, 0.05) is 18.2 Å². The molecule has 0 unspecified atom stereocenters. The van der Waals surface area contributed by atoms with Crippen molar-refractivity contribution in [3.63, 3.8) is 0 Å². The van der Waals surface area contributed by atoms with E-state index >= 15 is 0 Å². The Morgan fingerprint density at radius 1 is 1.00 bits per heavy atom. The molecule has 29 heavy (non-hydrogen) atoms. The van der Waals surface area contributed by atoms with Crippen LogP contribution < -0.4 is 10.1 Å². The number of fused-ring (bicyclic) bond motifs is 1. The molecule has 0 aliphatic rings. The number of ether oxygens (including phenoxy) is 1. The molecule has 0 bridgehead atoms. The van der Waals surface area contributed by atoms with Crippen LogP contribution in [0.1, 0.15) is 15.9 Å². The first-order valence-electron chi connectivity index (χ1n) is 9.25. The molecular formula is C23H21N3O2S. The molecule has 1 amide bonds. The number of rotatable bonds is 6. The summed E-state index contributed by atoms with van der Waals surface area (Å²) >= 11 is 1.43. The van der Waals surface area contributed by atoms with E-state index in [1.165, 1.54) is 11.3 Å². The Balaban J connectivity index is 1.47. The molecule has 1 N–H and O–H groups in total. The monoisotopic (exact) mass is 403 g/mol. The molecular weight excluding hydrogens is 382 g/mol. The first-order valence-corrected chi connectivity index (χ1v) is 10.1. The largest absolute Gasteiger partial charge is 0.457 e. The molecule has 0 aliphatic carbocycles. The second kappa shape index (κ2) is 8.43. The van der Waals surface area contributed by atoms with Crippen LogP contribution >= 0.6 is 11.3 Å². The van der Waals surface area contributed by atoms with Crippen LogP contribution in [0.5, 0.6) is 11.5 Å². The molecule has 4 rings (SSSR count). The number of aromatic nitrogens is 1. The zero-order chi connectivity index (χ0) is 20.2. The van der Waals surface area contributed by atoms with Gasteiger partial charge in [-0.15, -0.1) is 0 Å². The van der Waals surface area contributed by atoms with Gasteiger partial charge in [-0.2, -0.15) is 0 Å². The minimum atomic E-state index is -0.166. The van der Waals surface area contributed by atoms with Gasteiger partial charge in [0.05, 0.1) is 10.2 Å². The second-order valence-corrected chi connectivity index (χ2v) is 7.98. The fraction of sp³-hybridized carbons (Fsp3) is 0.130. The number of nitrogens with zero attached hydrogens (tertiary/aromatic N) is 2. The summed E-state index contributed by atoms with van der Waals surface area (Å²) in [7, 11) is 4.04. The van der Waals surface area contributed by atoms with Crippen molar-refractivity contribution in [2.75, 3.05) is 19.4 Å². The van der Waals surface area contributed by atoms with Gasteiger partial charge in [-0.05, 0) is 56.1 Å². The number of thiazole rings is 1. The third-order valence-corrected chi connectivity index (χ3v) is 5.21. The van der Waals surface area contributed by atoms with Gasteiger partial charge >= 0.3 is 0 Å². The van der Waals surface area contributed by atoms with Crippen molar-refractivity contribution in [3.8, 4) is 11.5 Å². The Morgan fingerprint density at radius 2 is 1.76 bits per heavy atom. The molecule has 0 aliphatic heterocycles. The summed E-state index contributed by atoms with van der Waals surface area (Å²) in [6, 6.07) is 23.0. The van der Waals surface area contributed by atoms with Crippen molar-refractivity contribution in [1.29, 1.82) is 0 Å². The quantitative estimate of drug-likeness (QED) is 0.468. The minimum absolute atomic E-state index is 0.166. The van der Waals surface area contributed by atoms with Crippen LogP contribution in [0, 0.1) is 0 Å². The topological polar surface area (TPSA) is 54.5 Å². The predicted molar refractivity (Wildman–Crippen MR) is 118 cm³/mol. The lowest BCUT2D eigenvalue weighted by Gasteiger charge is -2.09. The van der Waals surface area contributed by atoms with Gasteiger partial charge in [-0.1, -0.05) is 41.7 Å². The molecule has 146 valence electrons. The van der Waals surface area contributed by atoms with E-state index in [1.54, 1.807) is 0 Å². The molecule has 5 nitrogen and oxygen atoms in total. The van der Waals surface area contributed by atoms with Crippen LogP contribution in [0.4, 0.5) is 5.13 Å². The van der Waals surface area contributed by atoms with Gasteiger partial charge in [0.25, 0.3) is 5.91 Å². The lowest BCUT2D eigenvalue weighted by atomic mass is 10.1. The van der Waals surface area contributed by atoms with Gasteiger partial charge in [0.15, 0.2) is 5.13 Å². The van der Waals surface area contributed by atoms with E-state index in [0.717, 1.165) is 33.8 Å². The molecule has 1 aromatic heterocycles. The van der Waals surface area contributed by atoms with Crippen molar-refractivity contribution in [2.45, 2.75) is 6.54 Å². The van der Waals surface area contributed by atoms with E-state index in [9.17, 15) is 4.79 Å². The highest BCUT2D eigenvalue weighted by molar-refractivity contribution is 7.22. The second-order valence-electron chi connectivity index (χ2n) is 6.95. The van der Waals surface area contributed by atoms with Crippen molar-refractivity contribution in [1.82, 2.24) is 9.88 Å². The van der Waals surface area contributed by atoms with Crippen LogP contribution in [0.25, 0.3) is 10.2 Å². The summed E-state index contributed by atoms with van der Waals surface area (Å²) in [6.45, 7) is 0.840. The minimum Gasteiger partial charge on any atom is -0.457 e. The number of anilines is 1. The maximum Gasteiger partial charge on any atom is 0.257 e. The zero-order valence-corrected chi connectivity index (χ0v) is 17.1. The average molecular weight is 404 g/mol. The van der Waals surface area contributed by atoms with Gasteiger partial charge in [-0.3, -0.25) is 10.1 Å². The van der Waals surface area contributed by atoms with Crippen LogP contribution in [0.2, 0.25) is 0 Å². The summed E-state index contributed by atoms with van der Waals surface area (Å²) < 4.78 is 6.83. The molecule has 3 aromatic carbocycles. The first-order chi connectivity index (χ1) is 14.1. The van der Waals surface area contributed by atoms with E-state index in [-0.39, 0.29) is 5.91 Å². The van der Waals surface area contributed by atoms with Crippen LogP contribution in [-0.4, -0.2) is 29.9 Å². The smallest absolute Gasteiger partial charge is 0.257 e. The van der Waals surface area contributed by atoms with Crippen molar-refractivity contribution in [2.24, 2.45) is 0 Å². The lowest BCUT2D eigenvalue weighted by molar-refractivity contribution is 0.102. The van der Waals surface area contributed by atoms with Crippen molar-refractivity contribution >= 4 is 32.6 Å². The lowest BCUT2D eigenvalue weighted by Crippen LogP contribution is -2.13. The third kappa shape index (κ3) is 4.80. The SMILES string of the molecule is CN(C)Cc1ccc(C(=O)Nc2nc3ccc(Oc4ccccc4)cc3s2)cc1. The number of amides is 1. The van der Waals surface area contributed by atoms with E-state index in [4.69, 9.17) is 4.74 Å². The summed E-state index contributed by atoms with van der Waals surface area (Å²) in [5, 5.41) is 3.46. The highest BCUT2D eigenvalue weighted by Crippen LogP contribution is 2.31. The van der Waals surface area contributed by atoms with Crippen LogP contribution in [0.3, 0.4) is 0 Å². The molecule has 0 saturated heterocycles. The third-order valence-electron chi connectivity index (χ3n) is 4.27. The highest BCUT2D eigenvalue weighted by Gasteiger charge is 2.11. The summed E-state index contributed by atoms with van der Waals surface area (Å²) in [5.41, 5.74) is 2.60. The van der Waals surface area contributed by atoms with E-state index in [1.807, 2.05) is 86.9 Å². The fourth-order valence-electron chi connectivity index (χ4n) is 2.94. The Labute approximate surface area is 173 Å². The summed E-state index contributed by atoms with van der Waals surface area (Å²) in [6.07, 6.45) is 0. The number of carbonyl (C=O) groups excluding carboxylic acids is 1. The Morgan fingerprint density at radius 3 is 2.48 bits per heavy atom. The van der Waals surface area contributed by atoms with E-state index in [2.05, 4.69) is 15.2 Å². The van der Waals surface area contributed by atoms with Crippen molar-refractivity contribution in [3.05, 3.63) is 83.9 Å². The predicted octanol–water partition coefficient (Wildman–Crippen LogP) is 5.40. The molecule has 0 radical (unpaired) electrons. The molecule has 0 saturated carbocycles. The number of para-hydroxylation sites is 1. The summed E-state index contributed by atoms with van der Waals surface area (Å²) in [4.78, 5) is 19.1. The van der Waals surface area contributed by atoms with Gasteiger partial charge in [0.1, 0.15) is 11.5 Å². The molecule has 0 fully saturated rings. The Hall–Kier alpha value is -3.22. The molecule has 0 spiro atoms. The van der Waals surface area contributed by atoms with Gasteiger partial charge in [-0.25, -0.2) is 4.98 Å². The van der Waals surface area contributed by atoms with E-state index < -0.39 is 0 Å². The maximum absolute atomic E-state index is 12.6. The van der Waals surface area contributed by atoms with Gasteiger partial charge in [0.2, 0.25) is 0 Å². The van der Waals surface area contributed by atoms with Crippen LogP contribution in [0.15, 0.2) is 72.8 Å². The molecule has 0 atom stereocenters. The average Bonchev–Trinajstić information content (AvgIpc) is 3.10. The Kier molecular flexibility index (Phi) is 5.55. The zero-order valence-electron chi connectivity index (χ0n) is 16.3. The normalized spacial score (nSPS) is 11.0. The highest BCUT2D eigenvalue weighted by atomic mass is 32.1. The standard InChI is InChI=1S/C23H21N3O2S/c1-26(2)15-16-8-10-17(11-9-16)22(27)25-23-24-20-13-12-19(14-21(20)29-23)28-18-6-4-3-5-7-18/h3-14H,15H2,1-2H3,(H,24,25,27). The number of carbonyl (C=O) groups is 1. The molecule has 1 heterocycles. The molecule has 4 aromatic rings. The Bertz CT molecular complexity index is 1120. The molecule has 6 heteroatoms. The first kappa shape index (κ1) is 19.1.